The van der Waals surface area contributed by atoms with Crippen LogP contribution in [0, 0.1) is 0 Å². The number of hydrogen-bond acceptors (Lipinski definition) is 5. The molecule has 0 spiro atoms. The third kappa shape index (κ3) is 3.79. The minimum Gasteiger partial charge on any atom is -0.464 e. The monoisotopic (exact) mass is 416 g/mol. The van der Waals surface area contributed by atoms with E-state index in [2.05, 4.69) is 11.1 Å². The van der Waals surface area contributed by atoms with E-state index in [9.17, 15) is 4.79 Å². The van der Waals surface area contributed by atoms with Crippen LogP contribution in [0.4, 0.5) is 4.79 Å². The number of aromatic nitrogens is 3. The van der Waals surface area contributed by atoms with Gasteiger partial charge in [0.05, 0.1) is 37.3 Å². The Bertz CT molecular complexity index is 1250. The topological polar surface area (TPSA) is 73.4 Å². The summed E-state index contributed by atoms with van der Waals surface area (Å²) < 4.78 is 13.1. The number of rotatable bonds is 3. The van der Waals surface area contributed by atoms with Crippen LogP contribution in [0.1, 0.15) is 37.6 Å². The molecule has 158 valence electrons. The largest absolute Gasteiger partial charge is 0.464 e. The van der Waals surface area contributed by atoms with E-state index in [1.165, 1.54) is 0 Å². The van der Waals surface area contributed by atoms with Gasteiger partial charge < -0.3 is 9.15 Å². The van der Waals surface area contributed by atoms with Gasteiger partial charge in [-0.25, -0.2) is 4.79 Å². The molecule has 7 nitrogen and oxygen atoms in total. The van der Waals surface area contributed by atoms with Crippen molar-refractivity contribution in [2.75, 3.05) is 0 Å². The van der Waals surface area contributed by atoms with Gasteiger partial charge in [-0.05, 0) is 56.7 Å². The minimum atomic E-state index is -0.535. The van der Waals surface area contributed by atoms with Crippen molar-refractivity contribution in [1.29, 1.82) is 0 Å². The van der Waals surface area contributed by atoms with Crippen LogP contribution in [0.5, 0.6) is 0 Å². The molecule has 1 aromatic carbocycles. The Morgan fingerprint density at radius 3 is 2.84 bits per heavy atom. The van der Waals surface area contributed by atoms with Crippen molar-refractivity contribution in [3.05, 3.63) is 71.9 Å². The molecule has 31 heavy (non-hydrogen) atoms. The lowest BCUT2D eigenvalue weighted by atomic mass is 10.0. The highest BCUT2D eigenvalue weighted by molar-refractivity contribution is 5.84. The van der Waals surface area contributed by atoms with E-state index < -0.39 is 5.60 Å². The summed E-state index contributed by atoms with van der Waals surface area (Å²) in [6.07, 6.45) is 4.98. The summed E-state index contributed by atoms with van der Waals surface area (Å²) in [6.45, 7) is 7.13. The van der Waals surface area contributed by atoms with Gasteiger partial charge in [-0.2, -0.15) is 5.10 Å². The van der Waals surface area contributed by atoms with Gasteiger partial charge in [-0.1, -0.05) is 6.07 Å². The Morgan fingerprint density at radius 2 is 2.06 bits per heavy atom. The van der Waals surface area contributed by atoms with Crippen molar-refractivity contribution >= 4 is 17.1 Å². The first-order valence-electron chi connectivity index (χ1n) is 10.3. The van der Waals surface area contributed by atoms with Crippen LogP contribution >= 0.6 is 0 Å². The third-order valence-electron chi connectivity index (χ3n) is 5.26. The van der Waals surface area contributed by atoms with Crippen molar-refractivity contribution in [2.45, 2.75) is 46.0 Å². The van der Waals surface area contributed by atoms with E-state index >= 15 is 0 Å². The molecule has 0 fully saturated rings. The molecular weight excluding hydrogens is 392 g/mol. The summed E-state index contributed by atoms with van der Waals surface area (Å²) in [5.74, 6) is 0. The maximum atomic E-state index is 12.6. The number of carbonyl (C=O) groups is 1. The van der Waals surface area contributed by atoms with Gasteiger partial charge >= 0.3 is 6.09 Å². The number of carbonyl (C=O) groups excluding carboxylic acids is 1. The van der Waals surface area contributed by atoms with Crippen LogP contribution in [-0.4, -0.2) is 31.4 Å². The molecule has 5 rings (SSSR count). The normalized spacial score (nSPS) is 13.6. The molecule has 0 radical (unpaired) electrons. The molecule has 3 aromatic heterocycles. The second kappa shape index (κ2) is 7.27. The van der Waals surface area contributed by atoms with Crippen LogP contribution in [0.3, 0.4) is 0 Å². The smallest absolute Gasteiger partial charge is 0.410 e. The van der Waals surface area contributed by atoms with Gasteiger partial charge in [-0.15, -0.1) is 0 Å². The van der Waals surface area contributed by atoms with E-state index in [0.29, 0.717) is 19.6 Å². The number of fused-ring (bicyclic) bond motifs is 2. The average molecular weight is 416 g/mol. The minimum absolute atomic E-state index is 0.319. The van der Waals surface area contributed by atoms with Gasteiger partial charge in [-0.3, -0.25) is 14.6 Å². The SMILES string of the molecule is CC(C)(C)OC(=O)N1Cc2nn(Cc3cccnc3)c(-c3ccc4occc4c3)c2C1. The van der Waals surface area contributed by atoms with Crippen molar-refractivity contribution in [2.24, 2.45) is 0 Å². The second-order valence-electron chi connectivity index (χ2n) is 8.80. The quantitative estimate of drug-likeness (QED) is 0.470. The van der Waals surface area contributed by atoms with Gasteiger partial charge in [0.2, 0.25) is 0 Å². The van der Waals surface area contributed by atoms with E-state index in [1.54, 1.807) is 17.4 Å². The summed E-state index contributed by atoms with van der Waals surface area (Å²) >= 11 is 0. The molecule has 7 heteroatoms. The highest BCUT2D eigenvalue weighted by Crippen LogP contribution is 2.35. The Kier molecular flexibility index (Phi) is 4.54. The summed E-state index contributed by atoms with van der Waals surface area (Å²) in [6, 6.07) is 12.0. The van der Waals surface area contributed by atoms with E-state index in [1.807, 2.05) is 62.0 Å². The van der Waals surface area contributed by atoms with Crippen molar-refractivity contribution in [3.63, 3.8) is 0 Å². The molecule has 1 aliphatic rings. The number of hydrogen-bond donors (Lipinski definition) is 0. The summed E-state index contributed by atoms with van der Waals surface area (Å²) in [5, 5.41) is 5.91. The van der Waals surface area contributed by atoms with Gasteiger partial charge in [0.1, 0.15) is 11.2 Å². The summed E-state index contributed by atoms with van der Waals surface area (Å²) in [5.41, 5.74) is 5.37. The molecule has 4 aromatic rings. The van der Waals surface area contributed by atoms with E-state index in [4.69, 9.17) is 14.3 Å². The predicted octanol–water partition coefficient (Wildman–Crippen LogP) is 4.99. The zero-order valence-corrected chi connectivity index (χ0v) is 17.8. The van der Waals surface area contributed by atoms with Crippen molar-refractivity contribution in [3.8, 4) is 11.3 Å². The Morgan fingerprint density at radius 1 is 1.19 bits per heavy atom. The van der Waals surface area contributed by atoms with Crippen LogP contribution in [0.25, 0.3) is 22.2 Å². The number of amides is 1. The third-order valence-corrected chi connectivity index (χ3v) is 5.26. The summed E-state index contributed by atoms with van der Waals surface area (Å²) in [7, 11) is 0. The summed E-state index contributed by atoms with van der Waals surface area (Å²) in [4.78, 5) is 18.6. The molecule has 0 unspecified atom stereocenters. The molecule has 0 aliphatic carbocycles. The fourth-order valence-electron chi connectivity index (χ4n) is 3.94. The number of furan rings is 1. The lowest BCUT2D eigenvalue weighted by Gasteiger charge is -2.24. The van der Waals surface area contributed by atoms with Crippen LogP contribution in [0.2, 0.25) is 0 Å². The molecule has 1 amide bonds. The zero-order chi connectivity index (χ0) is 21.6. The molecular formula is C24H24N4O3. The maximum Gasteiger partial charge on any atom is 0.410 e. The molecule has 0 N–H and O–H groups in total. The van der Waals surface area contributed by atoms with E-state index in [0.717, 1.165) is 39.0 Å². The first kappa shape index (κ1) is 19.4. The highest BCUT2D eigenvalue weighted by Gasteiger charge is 2.33. The number of ether oxygens (including phenoxy) is 1. The van der Waals surface area contributed by atoms with Gasteiger partial charge in [0, 0.05) is 28.9 Å². The Labute approximate surface area is 180 Å². The molecule has 4 heterocycles. The fraction of sp³-hybridized carbons (Fsp3) is 0.292. The van der Waals surface area contributed by atoms with Crippen molar-refractivity contribution in [1.82, 2.24) is 19.7 Å². The Balaban J connectivity index is 1.54. The second-order valence-corrected chi connectivity index (χ2v) is 8.80. The van der Waals surface area contributed by atoms with Crippen LogP contribution in [0.15, 0.2) is 59.5 Å². The maximum absolute atomic E-state index is 12.6. The number of nitrogens with zero attached hydrogens (tertiary/aromatic N) is 4. The van der Waals surface area contributed by atoms with E-state index in [-0.39, 0.29) is 6.09 Å². The lowest BCUT2D eigenvalue weighted by Crippen LogP contribution is -2.33. The standard InChI is InChI=1S/C24H24N4O3/c1-24(2,3)31-23(29)27-14-19-20(15-27)26-28(13-16-5-4-9-25-12-16)22(19)18-6-7-21-17(11-18)8-10-30-21/h4-12H,13-15H2,1-3H3. The average Bonchev–Trinajstić information content (AvgIpc) is 3.41. The van der Waals surface area contributed by atoms with Crippen LogP contribution < -0.4 is 0 Å². The highest BCUT2D eigenvalue weighted by atomic mass is 16.6. The molecule has 0 atom stereocenters. The number of benzene rings is 1. The predicted molar refractivity (Wildman–Crippen MR) is 116 cm³/mol. The van der Waals surface area contributed by atoms with Gasteiger partial charge in [0.15, 0.2) is 0 Å². The molecule has 0 bridgehead atoms. The van der Waals surface area contributed by atoms with Crippen LogP contribution in [-0.2, 0) is 24.4 Å². The number of pyridine rings is 1. The molecule has 0 saturated carbocycles. The lowest BCUT2D eigenvalue weighted by molar-refractivity contribution is 0.0239. The Hall–Kier alpha value is -3.61. The molecule has 0 saturated heterocycles. The molecule has 1 aliphatic heterocycles. The first-order chi connectivity index (χ1) is 14.9. The zero-order valence-electron chi connectivity index (χ0n) is 17.8. The van der Waals surface area contributed by atoms with Crippen molar-refractivity contribution < 1.29 is 13.9 Å². The van der Waals surface area contributed by atoms with Gasteiger partial charge in [0.25, 0.3) is 0 Å². The first-order valence-corrected chi connectivity index (χ1v) is 10.3. The fourth-order valence-corrected chi connectivity index (χ4v) is 3.94.